The number of aromatic nitrogens is 1. The molecule has 0 aliphatic rings. The van der Waals surface area contributed by atoms with Crippen molar-refractivity contribution in [2.24, 2.45) is 0 Å². The molecule has 1 aromatic rings. The normalized spacial score (nSPS) is 12.0. The molecule has 0 spiro atoms. The van der Waals surface area contributed by atoms with Gasteiger partial charge in [0.05, 0.1) is 6.61 Å². The van der Waals surface area contributed by atoms with Gasteiger partial charge < -0.3 is 9.52 Å². The van der Waals surface area contributed by atoms with Gasteiger partial charge in [0, 0.05) is 5.41 Å². The molecular formula is C8H13NO2. The zero-order valence-electron chi connectivity index (χ0n) is 7.09. The average Bonchev–Trinajstić information content (AvgIpc) is 2.32. The van der Waals surface area contributed by atoms with Crippen LogP contribution in [0, 0.1) is 0 Å². The maximum atomic E-state index is 8.69. The fourth-order valence-electron chi connectivity index (χ4n) is 0.724. The van der Waals surface area contributed by atoms with Gasteiger partial charge >= 0.3 is 0 Å². The van der Waals surface area contributed by atoms with Crippen molar-refractivity contribution < 1.29 is 9.52 Å². The van der Waals surface area contributed by atoms with Gasteiger partial charge in [0.1, 0.15) is 12.0 Å². The SMILES string of the molecule is CC(C)(C)c1nc(CO)co1. The predicted octanol–water partition coefficient (Wildman–Crippen LogP) is 1.46. The topological polar surface area (TPSA) is 46.3 Å². The third kappa shape index (κ3) is 1.80. The molecule has 62 valence electrons. The van der Waals surface area contributed by atoms with Crippen molar-refractivity contribution in [2.75, 3.05) is 0 Å². The van der Waals surface area contributed by atoms with E-state index < -0.39 is 0 Å². The van der Waals surface area contributed by atoms with E-state index in [2.05, 4.69) is 4.98 Å². The fourth-order valence-corrected chi connectivity index (χ4v) is 0.724. The highest BCUT2D eigenvalue weighted by Gasteiger charge is 2.19. The van der Waals surface area contributed by atoms with Crippen LogP contribution < -0.4 is 0 Å². The zero-order chi connectivity index (χ0) is 8.48. The molecule has 0 aliphatic heterocycles. The molecule has 0 atom stereocenters. The van der Waals surface area contributed by atoms with E-state index in [1.54, 1.807) is 0 Å². The van der Waals surface area contributed by atoms with Gasteiger partial charge in [0.15, 0.2) is 5.89 Å². The van der Waals surface area contributed by atoms with Crippen LogP contribution >= 0.6 is 0 Å². The van der Waals surface area contributed by atoms with Gasteiger partial charge in [-0.15, -0.1) is 0 Å². The first-order chi connectivity index (χ1) is 5.04. The summed E-state index contributed by atoms with van der Waals surface area (Å²) < 4.78 is 5.15. The number of oxazole rings is 1. The van der Waals surface area contributed by atoms with Gasteiger partial charge in [-0.3, -0.25) is 0 Å². The number of hydrogen-bond acceptors (Lipinski definition) is 3. The molecule has 0 unspecified atom stereocenters. The van der Waals surface area contributed by atoms with E-state index in [-0.39, 0.29) is 12.0 Å². The van der Waals surface area contributed by atoms with Crippen LogP contribution in [0.1, 0.15) is 32.4 Å². The van der Waals surface area contributed by atoms with Gasteiger partial charge in [-0.1, -0.05) is 20.8 Å². The summed E-state index contributed by atoms with van der Waals surface area (Å²) in [6, 6.07) is 0. The minimum absolute atomic E-state index is 0.0560. The molecule has 0 saturated carbocycles. The molecule has 0 bridgehead atoms. The van der Waals surface area contributed by atoms with Crippen LogP contribution in [0.3, 0.4) is 0 Å². The van der Waals surface area contributed by atoms with Crippen molar-refractivity contribution in [1.82, 2.24) is 4.98 Å². The summed E-state index contributed by atoms with van der Waals surface area (Å²) in [6.07, 6.45) is 1.49. The number of aliphatic hydroxyl groups is 1. The van der Waals surface area contributed by atoms with E-state index in [4.69, 9.17) is 9.52 Å². The predicted molar refractivity (Wildman–Crippen MR) is 41.1 cm³/mol. The van der Waals surface area contributed by atoms with Crippen LogP contribution in [0.2, 0.25) is 0 Å². The largest absolute Gasteiger partial charge is 0.448 e. The molecule has 3 nitrogen and oxygen atoms in total. The minimum Gasteiger partial charge on any atom is -0.448 e. The highest BCUT2D eigenvalue weighted by Crippen LogP contribution is 2.20. The lowest BCUT2D eigenvalue weighted by Gasteiger charge is -2.11. The van der Waals surface area contributed by atoms with Crippen LogP contribution in [0.15, 0.2) is 10.7 Å². The van der Waals surface area contributed by atoms with Crippen molar-refractivity contribution in [3.05, 3.63) is 17.8 Å². The molecule has 0 amide bonds. The van der Waals surface area contributed by atoms with Gasteiger partial charge in [-0.2, -0.15) is 0 Å². The maximum Gasteiger partial charge on any atom is 0.199 e. The van der Waals surface area contributed by atoms with Crippen molar-refractivity contribution in [3.8, 4) is 0 Å². The highest BCUT2D eigenvalue weighted by atomic mass is 16.3. The Bertz CT molecular complexity index is 234. The first-order valence-corrected chi connectivity index (χ1v) is 3.60. The number of hydrogen-bond donors (Lipinski definition) is 1. The van der Waals surface area contributed by atoms with Crippen LogP contribution in [0.4, 0.5) is 0 Å². The molecule has 1 heterocycles. The average molecular weight is 155 g/mol. The van der Waals surface area contributed by atoms with E-state index in [1.165, 1.54) is 6.26 Å². The molecule has 0 aromatic carbocycles. The molecule has 0 radical (unpaired) electrons. The third-order valence-electron chi connectivity index (χ3n) is 1.36. The summed E-state index contributed by atoms with van der Waals surface area (Å²) in [5.41, 5.74) is 0.517. The lowest BCUT2D eigenvalue weighted by Crippen LogP contribution is -2.11. The lowest BCUT2D eigenvalue weighted by molar-refractivity contribution is 0.276. The number of nitrogens with zero attached hydrogens (tertiary/aromatic N) is 1. The standard InChI is InChI=1S/C8H13NO2/c1-8(2,3)7-9-6(4-10)5-11-7/h5,10H,4H2,1-3H3. The Morgan fingerprint density at radius 1 is 1.55 bits per heavy atom. The summed E-state index contributed by atoms with van der Waals surface area (Å²) >= 11 is 0. The Morgan fingerprint density at radius 2 is 2.18 bits per heavy atom. The van der Waals surface area contributed by atoms with E-state index >= 15 is 0 Å². The summed E-state index contributed by atoms with van der Waals surface area (Å²) in [5.74, 6) is 0.668. The lowest BCUT2D eigenvalue weighted by atomic mass is 9.97. The monoisotopic (exact) mass is 155 g/mol. The second-order valence-corrected chi connectivity index (χ2v) is 3.55. The Balaban J connectivity index is 2.89. The first kappa shape index (κ1) is 8.27. The smallest absolute Gasteiger partial charge is 0.199 e. The molecule has 1 N–H and O–H groups in total. The fraction of sp³-hybridized carbons (Fsp3) is 0.625. The summed E-state index contributed by atoms with van der Waals surface area (Å²) in [5, 5.41) is 8.69. The second kappa shape index (κ2) is 2.66. The van der Waals surface area contributed by atoms with Gasteiger partial charge in [0.25, 0.3) is 0 Å². The van der Waals surface area contributed by atoms with Gasteiger partial charge in [-0.05, 0) is 0 Å². The molecule has 0 aliphatic carbocycles. The van der Waals surface area contributed by atoms with E-state index in [1.807, 2.05) is 20.8 Å². The van der Waals surface area contributed by atoms with Gasteiger partial charge in [-0.25, -0.2) is 4.98 Å². The van der Waals surface area contributed by atoms with Crippen LogP contribution in [0.5, 0.6) is 0 Å². The highest BCUT2D eigenvalue weighted by molar-refractivity contribution is 5.02. The molecule has 0 saturated heterocycles. The molecule has 3 heteroatoms. The molecule has 11 heavy (non-hydrogen) atoms. The number of rotatable bonds is 1. The van der Waals surface area contributed by atoms with Crippen LogP contribution in [-0.2, 0) is 12.0 Å². The maximum absolute atomic E-state index is 8.69. The quantitative estimate of drug-likeness (QED) is 0.667. The summed E-state index contributed by atoms with van der Waals surface area (Å²) in [4.78, 5) is 4.08. The Morgan fingerprint density at radius 3 is 2.45 bits per heavy atom. The van der Waals surface area contributed by atoms with Crippen molar-refractivity contribution in [3.63, 3.8) is 0 Å². The van der Waals surface area contributed by atoms with E-state index in [0.717, 1.165) is 0 Å². The summed E-state index contributed by atoms with van der Waals surface area (Å²) in [6.45, 7) is 5.99. The van der Waals surface area contributed by atoms with E-state index in [0.29, 0.717) is 11.6 Å². The third-order valence-corrected chi connectivity index (χ3v) is 1.36. The molecule has 1 aromatic heterocycles. The zero-order valence-corrected chi connectivity index (χ0v) is 7.09. The summed E-state index contributed by atoms with van der Waals surface area (Å²) in [7, 11) is 0. The van der Waals surface area contributed by atoms with E-state index in [9.17, 15) is 0 Å². The Hall–Kier alpha value is -0.830. The molecule has 0 fully saturated rings. The van der Waals surface area contributed by atoms with Crippen LogP contribution in [-0.4, -0.2) is 10.1 Å². The van der Waals surface area contributed by atoms with Crippen molar-refractivity contribution >= 4 is 0 Å². The van der Waals surface area contributed by atoms with Crippen molar-refractivity contribution in [2.45, 2.75) is 32.8 Å². The Kier molecular flexibility index (Phi) is 2.00. The Labute approximate surface area is 66.1 Å². The molecule has 1 rings (SSSR count). The minimum atomic E-state index is -0.0760. The second-order valence-electron chi connectivity index (χ2n) is 3.55. The van der Waals surface area contributed by atoms with Crippen LogP contribution in [0.25, 0.3) is 0 Å². The van der Waals surface area contributed by atoms with Crippen molar-refractivity contribution in [1.29, 1.82) is 0 Å². The molecular weight excluding hydrogens is 142 g/mol. The number of aliphatic hydroxyl groups excluding tert-OH is 1. The first-order valence-electron chi connectivity index (χ1n) is 3.60. The van der Waals surface area contributed by atoms with Gasteiger partial charge in [0.2, 0.25) is 0 Å².